The molecule has 156 valence electrons. The molecule has 2 heterocycles. The molecule has 30 heavy (non-hydrogen) atoms. The monoisotopic (exact) mass is 424 g/mol. The molecule has 1 aliphatic rings. The molecular formula is C24H27ClN3O2+. The maximum absolute atomic E-state index is 13.2. The average Bonchev–Trinajstić information content (AvgIpc) is 2.77. The van der Waals surface area contributed by atoms with E-state index in [1.54, 1.807) is 4.90 Å². The Morgan fingerprint density at radius 2 is 1.87 bits per heavy atom. The fourth-order valence-corrected chi connectivity index (χ4v) is 4.15. The fourth-order valence-electron chi connectivity index (χ4n) is 4.03. The molecule has 5 nitrogen and oxygen atoms in total. The minimum atomic E-state index is -0.0432. The Kier molecular flexibility index (Phi) is 6.62. The SMILES string of the molecule is Cc1c(-c2ccc(Cl)cc2)nc2ccccc2c1C(=O)NCCC[NH+]1CCOCC1. The first-order valence-corrected chi connectivity index (χ1v) is 10.9. The van der Waals surface area contributed by atoms with E-state index in [1.807, 2.05) is 55.5 Å². The van der Waals surface area contributed by atoms with Gasteiger partial charge in [0.05, 0.1) is 36.5 Å². The third-order valence-electron chi connectivity index (χ3n) is 5.67. The standard InChI is InChI=1S/C24H26ClN3O2/c1-17-22(24(29)26-11-4-12-28-13-15-30-16-14-28)20-5-2-3-6-21(20)27-23(17)18-7-9-19(25)10-8-18/h2-3,5-10H,4,11-16H2,1H3,(H,26,29)/p+1. The topological polar surface area (TPSA) is 55.7 Å². The van der Waals surface area contributed by atoms with Crippen molar-refractivity contribution < 1.29 is 14.4 Å². The molecule has 1 aliphatic heterocycles. The molecule has 1 fully saturated rings. The zero-order chi connectivity index (χ0) is 20.9. The molecule has 0 aliphatic carbocycles. The molecule has 1 aromatic heterocycles. The molecule has 6 heteroatoms. The van der Waals surface area contributed by atoms with Crippen molar-refractivity contribution in [2.75, 3.05) is 39.4 Å². The van der Waals surface area contributed by atoms with Gasteiger partial charge in [0, 0.05) is 28.9 Å². The number of morpholine rings is 1. The molecule has 0 spiro atoms. The Morgan fingerprint density at radius 3 is 2.63 bits per heavy atom. The van der Waals surface area contributed by atoms with Crippen LogP contribution in [0.1, 0.15) is 22.3 Å². The number of halogens is 1. The smallest absolute Gasteiger partial charge is 0.252 e. The maximum atomic E-state index is 13.2. The highest BCUT2D eigenvalue weighted by Crippen LogP contribution is 2.30. The van der Waals surface area contributed by atoms with Crippen molar-refractivity contribution >= 4 is 28.4 Å². The summed E-state index contributed by atoms with van der Waals surface area (Å²) in [5, 5.41) is 4.68. The van der Waals surface area contributed by atoms with Crippen molar-refractivity contribution in [3.63, 3.8) is 0 Å². The fraction of sp³-hybridized carbons (Fsp3) is 0.333. The van der Waals surface area contributed by atoms with Crippen molar-refractivity contribution in [3.05, 3.63) is 64.7 Å². The van der Waals surface area contributed by atoms with E-state index in [1.165, 1.54) is 0 Å². The summed E-state index contributed by atoms with van der Waals surface area (Å²) in [6.45, 7) is 7.44. The molecule has 0 bridgehead atoms. The first kappa shape index (κ1) is 20.8. The van der Waals surface area contributed by atoms with Crippen LogP contribution in [-0.4, -0.2) is 50.3 Å². The number of nitrogens with zero attached hydrogens (tertiary/aromatic N) is 1. The van der Waals surface area contributed by atoms with Crippen LogP contribution in [-0.2, 0) is 4.74 Å². The van der Waals surface area contributed by atoms with Crippen LogP contribution in [0.5, 0.6) is 0 Å². The molecule has 4 rings (SSSR count). The lowest BCUT2D eigenvalue weighted by molar-refractivity contribution is -0.908. The summed E-state index contributed by atoms with van der Waals surface area (Å²) in [5.74, 6) is -0.0432. The number of pyridine rings is 1. The normalized spacial score (nSPS) is 14.7. The van der Waals surface area contributed by atoms with Gasteiger partial charge in [0.25, 0.3) is 5.91 Å². The molecule has 0 unspecified atom stereocenters. The summed E-state index contributed by atoms with van der Waals surface area (Å²) in [4.78, 5) is 19.6. The van der Waals surface area contributed by atoms with E-state index in [9.17, 15) is 4.79 Å². The molecular weight excluding hydrogens is 398 g/mol. The molecule has 2 aromatic carbocycles. The van der Waals surface area contributed by atoms with Gasteiger partial charge in [0.15, 0.2) is 0 Å². The summed E-state index contributed by atoms with van der Waals surface area (Å²) in [6, 6.07) is 15.4. The number of amides is 1. The van der Waals surface area contributed by atoms with Crippen molar-refractivity contribution in [1.29, 1.82) is 0 Å². The number of carbonyl (C=O) groups is 1. The van der Waals surface area contributed by atoms with Crippen LogP contribution < -0.4 is 10.2 Å². The van der Waals surface area contributed by atoms with Gasteiger partial charge in [-0.25, -0.2) is 4.98 Å². The Labute approximate surface area is 182 Å². The molecule has 0 saturated carbocycles. The lowest BCUT2D eigenvalue weighted by Crippen LogP contribution is -3.14. The van der Waals surface area contributed by atoms with Crippen LogP contribution in [0.4, 0.5) is 0 Å². The molecule has 3 aromatic rings. The second-order valence-electron chi connectivity index (χ2n) is 7.71. The summed E-state index contributed by atoms with van der Waals surface area (Å²) >= 11 is 6.05. The van der Waals surface area contributed by atoms with Crippen LogP contribution in [0.25, 0.3) is 22.2 Å². The average molecular weight is 425 g/mol. The number of para-hydroxylation sites is 1. The second-order valence-corrected chi connectivity index (χ2v) is 8.14. The predicted molar refractivity (Wildman–Crippen MR) is 120 cm³/mol. The van der Waals surface area contributed by atoms with Crippen LogP contribution in [0.15, 0.2) is 48.5 Å². The van der Waals surface area contributed by atoms with Crippen molar-refractivity contribution in [2.24, 2.45) is 0 Å². The Morgan fingerprint density at radius 1 is 1.13 bits per heavy atom. The summed E-state index contributed by atoms with van der Waals surface area (Å²) in [6.07, 6.45) is 0.952. The highest BCUT2D eigenvalue weighted by atomic mass is 35.5. The largest absolute Gasteiger partial charge is 0.370 e. The van der Waals surface area contributed by atoms with Gasteiger partial charge < -0.3 is 15.0 Å². The van der Waals surface area contributed by atoms with Gasteiger partial charge >= 0.3 is 0 Å². The molecule has 1 amide bonds. The Balaban J connectivity index is 1.56. The summed E-state index contributed by atoms with van der Waals surface area (Å²) in [7, 11) is 0. The number of carbonyl (C=O) groups excluding carboxylic acids is 1. The lowest BCUT2D eigenvalue weighted by Gasteiger charge is -2.23. The zero-order valence-electron chi connectivity index (χ0n) is 17.2. The number of nitrogens with one attached hydrogen (secondary N) is 2. The summed E-state index contributed by atoms with van der Waals surface area (Å²) in [5.41, 5.74) is 4.16. The van der Waals surface area contributed by atoms with Gasteiger partial charge in [-0.1, -0.05) is 41.9 Å². The van der Waals surface area contributed by atoms with E-state index >= 15 is 0 Å². The number of hydrogen-bond donors (Lipinski definition) is 2. The van der Waals surface area contributed by atoms with Crippen LogP contribution in [0.2, 0.25) is 5.02 Å². The van der Waals surface area contributed by atoms with Crippen molar-refractivity contribution in [2.45, 2.75) is 13.3 Å². The number of benzene rings is 2. The van der Waals surface area contributed by atoms with Crippen LogP contribution in [0, 0.1) is 6.92 Å². The first-order chi connectivity index (χ1) is 14.6. The van der Waals surface area contributed by atoms with Crippen LogP contribution in [0.3, 0.4) is 0 Å². The minimum absolute atomic E-state index is 0.0432. The van der Waals surface area contributed by atoms with E-state index < -0.39 is 0 Å². The number of rotatable bonds is 6. The van der Waals surface area contributed by atoms with Crippen LogP contribution >= 0.6 is 11.6 Å². The first-order valence-electron chi connectivity index (χ1n) is 10.5. The minimum Gasteiger partial charge on any atom is -0.370 e. The van der Waals surface area contributed by atoms with Gasteiger partial charge in [0.2, 0.25) is 0 Å². The molecule has 0 atom stereocenters. The van der Waals surface area contributed by atoms with Gasteiger partial charge in [-0.3, -0.25) is 4.79 Å². The van der Waals surface area contributed by atoms with E-state index in [4.69, 9.17) is 21.3 Å². The highest BCUT2D eigenvalue weighted by molar-refractivity contribution is 6.30. The van der Waals surface area contributed by atoms with Gasteiger partial charge in [-0.15, -0.1) is 0 Å². The van der Waals surface area contributed by atoms with Gasteiger partial charge in [-0.2, -0.15) is 0 Å². The second kappa shape index (κ2) is 9.56. The number of quaternary nitrogens is 1. The molecule has 2 N–H and O–H groups in total. The number of fused-ring (bicyclic) bond motifs is 1. The Bertz CT molecular complexity index is 1030. The lowest BCUT2D eigenvalue weighted by atomic mass is 9.97. The molecule has 1 saturated heterocycles. The van der Waals surface area contributed by atoms with Crippen molar-refractivity contribution in [3.8, 4) is 11.3 Å². The van der Waals surface area contributed by atoms with E-state index in [2.05, 4.69) is 5.32 Å². The van der Waals surface area contributed by atoms with Crippen molar-refractivity contribution in [1.82, 2.24) is 10.3 Å². The van der Waals surface area contributed by atoms with Gasteiger partial charge in [-0.05, 0) is 30.7 Å². The molecule has 0 radical (unpaired) electrons. The third kappa shape index (κ3) is 4.64. The number of ether oxygens (including phenoxy) is 1. The van der Waals surface area contributed by atoms with E-state index in [0.717, 1.165) is 67.0 Å². The van der Waals surface area contributed by atoms with Gasteiger partial charge in [0.1, 0.15) is 13.1 Å². The summed E-state index contributed by atoms with van der Waals surface area (Å²) < 4.78 is 5.41. The maximum Gasteiger partial charge on any atom is 0.252 e. The number of aromatic nitrogens is 1. The van der Waals surface area contributed by atoms with E-state index in [0.29, 0.717) is 17.1 Å². The number of hydrogen-bond acceptors (Lipinski definition) is 3. The third-order valence-corrected chi connectivity index (χ3v) is 5.93. The van der Waals surface area contributed by atoms with E-state index in [-0.39, 0.29) is 5.91 Å². The predicted octanol–water partition coefficient (Wildman–Crippen LogP) is 2.90. The Hall–Kier alpha value is -2.47. The highest BCUT2D eigenvalue weighted by Gasteiger charge is 2.19. The quantitative estimate of drug-likeness (QED) is 0.598. The zero-order valence-corrected chi connectivity index (χ0v) is 18.0.